The number of alkyl halides is 6. The van der Waals surface area contributed by atoms with E-state index in [0.717, 1.165) is 0 Å². The zero-order chi connectivity index (χ0) is 22.2. The number of halogens is 7. The summed E-state index contributed by atoms with van der Waals surface area (Å²) in [5.74, 6) is 3.51. The van der Waals surface area contributed by atoms with Gasteiger partial charge >= 0.3 is 20.2 Å². The molecule has 0 aromatic carbocycles. The van der Waals surface area contributed by atoms with Crippen LogP contribution in [0.1, 0.15) is 12.8 Å². The van der Waals surface area contributed by atoms with Crippen molar-refractivity contribution in [3.8, 4) is 24.7 Å². The first-order valence-electron chi connectivity index (χ1n) is 6.71. The molecule has 0 fully saturated rings. The molecule has 0 radical (unpaired) electrons. The van der Waals surface area contributed by atoms with Crippen LogP contribution >= 0.6 is 7.82 Å². The van der Waals surface area contributed by atoms with E-state index in [1.807, 2.05) is 0 Å². The van der Waals surface area contributed by atoms with Crippen molar-refractivity contribution in [3.63, 3.8) is 0 Å². The van der Waals surface area contributed by atoms with E-state index in [2.05, 4.69) is 37.0 Å². The first-order valence-corrected chi connectivity index (χ1v) is 8.17. The second-order valence-corrected chi connectivity index (χ2v) is 6.03. The van der Waals surface area contributed by atoms with Crippen LogP contribution in [-0.4, -0.2) is 24.6 Å². The number of terminal acetylenes is 2. The molecule has 0 aliphatic rings. The maximum absolute atomic E-state index is 12.6. The molecule has 0 heterocycles. The van der Waals surface area contributed by atoms with Crippen LogP contribution in [0, 0.1) is 24.7 Å². The van der Waals surface area contributed by atoms with Gasteiger partial charge in [-0.25, -0.2) is 14.3 Å². The summed E-state index contributed by atoms with van der Waals surface area (Å²) >= 11 is 0. The predicted molar refractivity (Wildman–Crippen MR) is 79.0 cm³/mol. The first kappa shape index (κ1) is 26.1. The highest BCUT2D eigenvalue weighted by Gasteiger charge is 2.43. The van der Waals surface area contributed by atoms with Crippen molar-refractivity contribution in [2.75, 3.05) is 0 Å². The van der Waals surface area contributed by atoms with Crippen LogP contribution < -0.4 is 0 Å². The van der Waals surface area contributed by atoms with Crippen molar-refractivity contribution in [2.24, 2.45) is 0 Å². The van der Waals surface area contributed by atoms with Gasteiger partial charge in [0.2, 0.25) is 0 Å². The molecule has 0 aliphatic heterocycles. The highest BCUT2D eigenvalue weighted by Crippen LogP contribution is 2.52. The zero-order valence-electron chi connectivity index (χ0n) is 13.7. The van der Waals surface area contributed by atoms with Crippen LogP contribution in [-0.2, 0) is 28.4 Å². The lowest BCUT2D eigenvalue weighted by Crippen LogP contribution is -2.27. The van der Waals surface area contributed by atoms with Gasteiger partial charge < -0.3 is 0 Å². The maximum Gasteiger partial charge on any atom is 0.560 e. The normalized spacial score (nSPS) is 16.3. The summed E-state index contributed by atoms with van der Waals surface area (Å²) in [6.07, 6.45) is -6.39. The van der Waals surface area contributed by atoms with E-state index < -0.39 is 56.4 Å². The standard InChI is InChI=1S/C14H12F7O6P/c1-5-7-11(9(3)13(15,16)17)23-26-28(22,25-21)27-24-12(8-6-2)10(4)14(18,19)20/h1-2,11-12H,3-4,7-8H2. The average Bonchev–Trinajstić information content (AvgIpc) is 2.59. The highest BCUT2D eigenvalue weighted by molar-refractivity contribution is 7.48. The van der Waals surface area contributed by atoms with Crippen molar-refractivity contribution in [1.29, 1.82) is 0 Å². The van der Waals surface area contributed by atoms with Gasteiger partial charge in [-0.2, -0.15) is 26.3 Å². The fraction of sp³-hybridized carbons (Fsp3) is 0.429. The molecule has 0 spiro atoms. The van der Waals surface area contributed by atoms with Crippen LogP contribution in [0.25, 0.3) is 0 Å². The van der Waals surface area contributed by atoms with E-state index in [9.17, 15) is 35.4 Å². The van der Waals surface area contributed by atoms with Gasteiger partial charge in [-0.05, 0) is 4.53 Å². The summed E-state index contributed by atoms with van der Waals surface area (Å²) < 4.78 is 110. The van der Waals surface area contributed by atoms with Crippen molar-refractivity contribution in [3.05, 3.63) is 24.3 Å². The SMILES string of the molecule is C#CCC(OOP(=O)(OF)OOC(CC#C)C(=C)C(F)(F)F)C(=C)C(F)(F)F. The van der Waals surface area contributed by atoms with Gasteiger partial charge in [-0.15, -0.1) is 34.0 Å². The van der Waals surface area contributed by atoms with Gasteiger partial charge in [0.25, 0.3) is 0 Å². The Morgan fingerprint density at radius 3 is 1.43 bits per heavy atom. The van der Waals surface area contributed by atoms with Crippen molar-refractivity contribution >= 4 is 7.82 Å². The Morgan fingerprint density at radius 2 is 1.21 bits per heavy atom. The number of phosphoric acid groups is 1. The van der Waals surface area contributed by atoms with Gasteiger partial charge in [0.05, 0.1) is 11.1 Å². The summed E-state index contributed by atoms with van der Waals surface area (Å²) in [4.78, 5) is 8.13. The fourth-order valence-electron chi connectivity index (χ4n) is 1.25. The third-order valence-electron chi connectivity index (χ3n) is 2.70. The molecular formula is C14H12F7O6P. The van der Waals surface area contributed by atoms with Gasteiger partial charge in [0.1, 0.15) is 12.2 Å². The Hall–Kier alpha value is -1.86. The molecule has 0 N–H and O–H groups in total. The Bertz CT molecular complexity index is 634. The lowest BCUT2D eigenvalue weighted by Gasteiger charge is -2.22. The molecule has 6 nitrogen and oxygen atoms in total. The van der Waals surface area contributed by atoms with Gasteiger partial charge in [-0.3, -0.25) is 0 Å². The molecule has 28 heavy (non-hydrogen) atoms. The second-order valence-electron chi connectivity index (χ2n) is 4.70. The van der Waals surface area contributed by atoms with Crippen LogP contribution in [0.15, 0.2) is 24.3 Å². The summed E-state index contributed by atoms with van der Waals surface area (Å²) in [5, 5.41) is 0. The molecule has 0 aromatic heterocycles. The summed E-state index contributed by atoms with van der Waals surface area (Å²) in [7, 11) is -5.60. The quantitative estimate of drug-likeness (QED) is 0.114. The number of hydrogen-bond acceptors (Lipinski definition) is 6. The van der Waals surface area contributed by atoms with E-state index in [4.69, 9.17) is 12.8 Å². The summed E-state index contributed by atoms with van der Waals surface area (Å²) in [5.41, 5.74) is -3.21. The Kier molecular flexibility index (Phi) is 9.92. The van der Waals surface area contributed by atoms with E-state index >= 15 is 0 Å². The van der Waals surface area contributed by atoms with E-state index in [0.29, 0.717) is 0 Å². The van der Waals surface area contributed by atoms with Crippen molar-refractivity contribution in [2.45, 2.75) is 37.4 Å². The minimum Gasteiger partial charge on any atom is -0.220 e. The maximum atomic E-state index is 12.6. The molecule has 0 bridgehead atoms. The van der Waals surface area contributed by atoms with Crippen LogP contribution in [0.2, 0.25) is 0 Å². The van der Waals surface area contributed by atoms with E-state index in [1.54, 1.807) is 11.8 Å². The summed E-state index contributed by atoms with van der Waals surface area (Å²) in [6.45, 7) is 5.28. The highest BCUT2D eigenvalue weighted by atomic mass is 31.2. The molecule has 0 saturated heterocycles. The van der Waals surface area contributed by atoms with E-state index in [1.165, 1.54) is 0 Å². The molecule has 0 saturated carbocycles. The van der Waals surface area contributed by atoms with Gasteiger partial charge in [0.15, 0.2) is 0 Å². The fourth-order valence-corrected chi connectivity index (χ4v) is 1.74. The Balaban J connectivity index is 5.18. The predicted octanol–water partition coefficient (Wildman–Crippen LogP) is 4.91. The van der Waals surface area contributed by atoms with E-state index in [-0.39, 0.29) is 0 Å². The third kappa shape index (κ3) is 8.44. The van der Waals surface area contributed by atoms with Crippen LogP contribution in [0.5, 0.6) is 0 Å². The van der Waals surface area contributed by atoms with Crippen LogP contribution in [0.3, 0.4) is 0 Å². The monoisotopic (exact) mass is 440 g/mol. The summed E-state index contributed by atoms with van der Waals surface area (Å²) in [6, 6.07) is 0. The first-order chi connectivity index (χ1) is 12.7. The van der Waals surface area contributed by atoms with Crippen molar-refractivity contribution < 1.29 is 59.3 Å². The number of hydrogen-bond donors (Lipinski definition) is 0. The molecule has 158 valence electrons. The minimum atomic E-state index is -5.60. The Morgan fingerprint density at radius 1 is 0.893 bits per heavy atom. The average molecular weight is 440 g/mol. The molecule has 0 amide bonds. The van der Waals surface area contributed by atoms with Gasteiger partial charge in [-0.1, -0.05) is 17.9 Å². The zero-order valence-corrected chi connectivity index (χ0v) is 14.6. The molecule has 0 aliphatic carbocycles. The molecule has 2 atom stereocenters. The largest absolute Gasteiger partial charge is 0.560 e. The smallest absolute Gasteiger partial charge is 0.220 e. The van der Waals surface area contributed by atoms with Crippen molar-refractivity contribution in [1.82, 2.24) is 0 Å². The molecule has 2 unspecified atom stereocenters. The third-order valence-corrected chi connectivity index (χ3v) is 3.40. The topological polar surface area (TPSA) is 63.2 Å². The molecule has 0 aromatic rings. The minimum absolute atomic E-state index is 0.823. The lowest BCUT2D eigenvalue weighted by molar-refractivity contribution is -0.321. The second kappa shape index (κ2) is 10.6. The lowest BCUT2D eigenvalue weighted by atomic mass is 10.1. The van der Waals surface area contributed by atoms with Crippen LogP contribution in [0.4, 0.5) is 30.9 Å². The molecule has 14 heteroatoms. The van der Waals surface area contributed by atoms with Gasteiger partial charge in [0, 0.05) is 12.8 Å². The Labute approximate surface area is 154 Å². The molecule has 0 rings (SSSR count). The molecular weight excluding hydrogens is 428 g/mol. The number of rotatable bonds is 11.